The second-order valence-corrected chi connectivity index (χ2v) is 7.99. The average Bonchev–Trinajstić information content (AvgIpc) is 3.21. The van der Waals surface area contributed by atoms with Crippen molar-refractivity contribution in [2.75, 3.05) is 20.2 Å². The molecule has 0 aliphatic carbocycles. The number of para-hydroxylation sites is 1. The number of ether oxygens (including phenoxy) is 2. The van der Waals surface area contributed by atoms with Crippen LogP contribution in [0.5, 0.6) is 17.2 Å². The zero-order valence-corrected chi connectivity index (χ0v) is 17.1. The number of methoxy groups -OCH3 is 1. The Morgan fingerprint density at radius 2 is 2.00 bits per heavy atom. The summed E-state index contributed by atoms with van der Waals surface area (Å²) in [6.07, 6.45) is 3.61. The number of hydrazine groups is 1. The van der Waals surface area contributed by atoms with Gasteiger partial charge in [-0.1, -0.05) is 18.2 Å². The number of rotatable bonds is 2. The highest BCUT2D eigenvalue weighted by Gasteiger charge is 2.51. The van der Waals surface area contributed by atoms with E-state index in [2.05, 4.69) is 22.6 Å². The van der Waals surface area contributed by atoms with Crippen LogP contribution >= 0.6 is 0 Å². The Kier molecular flexibility index (Phi) is 4.36. The van der Waals surface area contributed by atoms with Gasteiger partial charge in [0.15, 0.2) is 17.2 Å². The summed E-state index contributed by atoms with van der Waals surface area (Å²) in [5.41, 5.74) is 5.98. The molecule has 1 fully saturated rings. The number of fused-ring (bicyclic) bond motifs is 4. The molecule has 1 atom stereocenters. The Hall–Kier alpha value is -3.19. The molecule has 2 aromatic carbocycles. The lowest BCUT2D eigenvalue weighted by atomic mass is 9.93. The van der Waals surface area contributed by atoms with E-state index in [4.69, 9.17) is 9.47 Å². The number of likely N-dealkylation sites (tertiary alicyclic amines) is 1. The number of piperidine rings is 1. The number of carbonyl (C=O) groups is 1. The maximum Gasteiger partial charge on any atom is 0.219 e. The molecule has 1 saturated heterocycles. The minimum atomic E-state index is -0.537. The second kappa shape index (κ2) is 6.95. The van der Waals surface area contributed by atoms with Crippen LogP contribution in [0.15, 0.2) is 48.5 Å². The maximum absolute atomic E-state index is 11.8. The van der Waals surface area contributed by atoms with Crippen LogP contribution in [0.4, 0.5) is 0 Å². The topological polar surface area (TPSA) is 74.3 Å². The summed E-state index contributed by atoms with van der Waals surface area (Å²) in [4.78, 5) is 13.7. The Bertz CT molecular complexity index is 1030. The summed E-state index contributed by atoms with van der Waals surface area (Å²) in [5.74, 6) is 1.53. The van der Waals surface area contributed by atoms with Crippen molar-refractivity contribution in [1.29, 1.82) is 0 Å². The van der Waals surface area contributed by atoms with E-state index in [0.29, 0.717) is 31.7 Å². The SMILES string of the molecule is COc1cc(C2=C[C@H]3c4ccccc4OC4(CCN(C(C)=O)CC4)N3N2)ccc1O. The molecule has 30 heavy (non-hydrogen) atoms. The lowest BCUT2D eigenvalue weighted by molar-refractivity contribution is -0.165. The van der Waals surface area contributed by atoms with Crippen LogP contribution in [-0.4, -0.2) is 46.8 Å². The molecule has 0 bridgehead atoms. The number of carbonyl (C=O) groups excluding carboxylic acids is 1. The van der Waals surface area contributed by atoms with Gasteiger partial charge in [-0.05, 0) is 30.3 Å². The third kappa shape index (κ3) is 2.89. The largest absolute Gasteiger partial charge is 0.504 e. The fraction of sp³-hybridized carbons (Fsp3) is 0.348. The van der Waals surface area contributed by atoms with Crippen molar-refractivity contribution in [2.24, 2.45) is 0 Å². The zero-order chi connectivity index (χ0) is 20.9. The number of benzene rings is 2. The molecule has 156 valence electrons. The lowest BCUT2D eigenvalue weighted by Crippen LogP contribution is -2.63. The van der Waals surface area contributed by atoms with E-state index in [1.165, 1.54) is 0 Å². The monoisotopic (exact) mass is 407 g/mol. The first-order valence-electron chi connectivity index (χ1n) is 10.2. The molecule has 3 aliphatic heterocycles. The summed E-state index contributed by atoms with van der Waals surface area (Å²) in [7, 11) is 1.54. The van der Waals surface area contributed by atoms with Crippen molar-refractivity contribution in [1.82, 2.24) is 15.3 Å². The van der Waals surface area contributed by atoms with E-state index in [9.17, 15) is 9.90 Å². The third-order valence-electron chi connectivity index (χ3n) is 6.30. The van der Waals surface area contributed by atoms with Crippen molar-refractivity contribution in [2.45, 2.75) is 31.5 Å². The van der Waals surface area contributed by atoms with Crippen molar-refractivity contribution in [3.8, 4) is 17.2 Å². The number of aromatic hydroxyl groups is 1. The molecule has 2 N–H and O–H groups in total. The summed E-state index contributed by atoms with van der Waals surface area (Å²) < 4.78 is 11.9. The quantitative estimate of drug-likeness (QED) is 0.797. The molecule has 0 saturated carbocycles. The van der Waals surface area contributed by atoms with Crippen LogP contribution in [0.1, 0.15) is 36.9 Å². The lowest BCUT2D eigenvalue weighted by Gasteiger charge is -2.51. The fourth-order valence-electron chi connectivity index (χ4n) is 4.64. The average molecular weight is 407 g/mol. The van der Waals surface area contributed by atoms with Gasteiger partial charge in [0.1, 0.15) is 5.75 Å². The first kappa shape index (κ1) is 18.8. The van der Waals surface area contributed by atoms with Gasteiger partial charge >= 0.3 is 0 Å². The van der Waals surface area contributed by atoms with Crippen LogP contribution in [0, 0.1) is 0 Å². The molecule has 0 aromatic heterocycles. The Morgan fingerprint density at radius 1 is 1.23 bits per heavy atom. The zero-order valence-electron chi connectivity index (χ0n) is 17.1. The standard InChI is InChI=1S/C23H25N3O4/c1-15(27)25-11-9-23(10-12-25)26-19(17-5-3-4-6-21(17)30-23)14-18(24-26)16-7-8-20(28)22(13-16)29-2/h3-8,13-14,19,24,28H,9-12H2,1-2H3/t19-/m0/s1. The molecule has 1 spiro atoms. The van der Waals surface area contributed by atoms with E-state index in [-0.39, 0.29) is 17.7 Å². The van der Waals surface area contributed by atoms with Crippen molar-refractivity contribution in [3.05, 3.63) is 59.7 Å². The summed E-state index contributed by atoms with van der Waals surface area (Å²) >= 11 is 0. The molecule has 5 rings (SSSR count). The highest BCUT2D eigenvalue weighted by Crippen LogP contribution is 2.48. The molecular weight excluding hydrogens is 382 g/mol. The van der Waals surface area contributed by atoms with E-state index in [1.54, 1.807) is 20.1 Å². The molecule has 3 heterocycles. The molecule has 0 radical (unpaired) electrons. The smallest absolute Gasteiger partial charge is 0.219 e. The van der Waals surface area contributed by atoms with Gasteiger partial charge in [-0.2, -0.15) is 5.01 Å². The van der Waals surface area contributed by atoms with Gasteiger partial charge < -0.3 is 24.9 Å². The molecule has 3 aliphatic rings. The molecular formula is C23H25N3O4. The van der Waals surface area contributed by atoms with Crippen LogP contribution in [0.2, 0.25) is 0 Å². The van der Waals surface area contributed by atoms with Gasteiger partial charge in [-0.3, -0.25) is 4.79 Å². The van der Waals surface area contributed by atoms with E-state index in [1.807, 2.05) is 35.2 Å². The predicted octanol–water partition coefficient (Wildman–Crippen LogP) is 3.03. The fourth-order valence-corrected chi connectivity index (χ4v) is 4.64. The van der Waals surface area contributed by atoms with Crippen molar-refractivity contribution in [3.63, 3.8) is 0 Å². The van der Waals surface area contributed by atoms with Gasteiger partial charge in [-0.25, -0.2) is 0 Å². The molecule has 7 nitrogen and oxygen atoms in total. The van der Waals surface area contributed by atoms with Gasteiger partial charge in [0.2, 0.25) is 5.91 Å². The number of amides is 1. The number of nitrogens with one attached hydrogen (secondary N) is 1. The Morgan fingerprint density at radius 3 is 2.73 bits per heavy atom. The molecule has 1 amide bonds. The van der Waals surface area contributed by atoms with Gasteiger partial charge in [0.25, 0.3) is 0 Å². The maximum atomic E-state index is 11.8. The minimum absolute atomic E-state index is 0.00799. The van der Waals surface area contributed by atoms with E-state index < -0.39 is 5.72 Å². The second-order valence-electron chi connectivity index (χ2n) is 7.99. The summed E-state index contributed by atoms with van der Waals surface area (Å²) in [6, 6.07) is 13.5. The number of phenolic OH excluding ortho intramolecular Hbond substituents is 1. The number of phenols is 1. The number of hydrogen-bond donors (Lipinski definition) is 2. The predicted molar refractivity (Wildman–Crippen MR) is 112 cm³/mol. The van der Waals surface area contributed by atoms with Crippen molar-refractivity contribution >= 4 is 11.6 Å². The molecule has 7 heteroatoms. The Labute approximate surface area is 175 Å². The minimum Gasteiger partial charge on any atom is -0.504 e. The third-order valence-corrected chi connectivity index (χ3v) is 6.30. The normalized spacial score (nSPS) is 21.9. The highest BCUT2D eigenvalue weighted by atomic mass is 16.5. The number of hydrogen-bond acceptors (Lipinski definition) is 6. The van der Waals surface area contributed by atoms with Crippen molar-refractivity contribution < 1.29 is 19.4 Å². The van der Waals surface area contributed by atoms with Gasteiger partial charge in [0, 0.05) is 44.0 Å². The van der Waals surface area contributed by atoms with Gasteiger partial charge in [0.05, 0.1) is 18.8 Å². The Balaban J connectivity index is 1.52. The van der Waals surface area contributed by atoms with Gasteiger partial charge in [-0.15, -0.1) is 0 Å². The van der Waals surface area contributed by atoms with Crippen LogP contribution in [0.25, 0.3) is 5.70 Å². The first-order chi connectivity index (χ1) is 14.5. The molecule has 2 aromatic rings. The van der Waals surface area contributed by atoms with Crippen LogP contribution in [-0.2, 0) is 4.79 Å². The first-order valence-corrected chi connectivity index (χ1v) is 10.2. The summed E-state index contributed by atoms with van der Waals surface area (Å²) in [5, 5.41) is 12.1. The van der Waals surface area contributed by atoms with E-state index in [0.717, 1.165) is 22.6 Å². The van der Waals surface area contributed by atoms with Crippen LogP contribution < -0.4 is 14.9 Å². The molecule has 0 unspecified atom stereocenters. The number of nitrogens with zero attached hydrogens (tertiary/aromatic N) is 2. The van der Waals surface area contributed by atoms with Crippen LogP contribution in [0.3, 0.4) is 0 Å². The summed E-state index contributed by atoms with van der Waals surface area (Å²) in [6.45, 7) is 2.93. The highest BCUT2D eigenvalue weighted by molar-refractivity contribution is 5.73. The van der Waals surface area contributed by atoms with E-state index >= 15 is 0 Å².